The van der Waals surface area contributed by atoms with Crippen LogP contribution in [0.2, 0.25) is 0 Å². The lowest BCUT2D eigenvalue weighted by Gasteiger charge is -2.43. The fourth-order valence-corrected chi connectivity index (χ4v) is 5.28. The highest BCUT2D eigenvalue weighted by molar-refractivity contribution is 5.34. The molecule has 2 fully saturated rings. The second-order valence-electron chi connectivity index (χ2n) is 10.8. The Labute approximate surface area is 216 Å². The Morgan fingerprint density at radius 2 is 1.38 bits per heavy atom. The summed E-state index contributed by atoms with van der Waals surface area (Å²) < 4.78 is 22.6. The molecule has 0 saturated carbocycles. The quantitative estimate of drug-likeness (QED) is 0.172. The molecule has 2 heterocycles. The minimum absolute atomic E-state index is 0.351. The van der Waals surface area contributed by atoms with Crippen LogP contribution in [-0.2, 0) is 18.9 Å². The molecular weight excluding hydrogens is 492 g/mol. The molecule has 1 aliphatic carbocycles. The topological polar surface area (TPSA) is 199 Å². The molecule has 0 amide bonds. The number of allylic oxidation sites excluding steroid dienone is 2. The van der Waals surface area contributed by atoms with Crippen molar-refractivity contribution in [1.29, 1.82) is 0 Å². The molecule has 12 nitrogen and oxygen atoms in total. The fourth-order valence-electron chi connectivity index (χ4n) is 5.28. The first-order valence-corrected chi connectivity index (χ1v) is 12.6. The third kappa shape index (κ3) is 6.78. The molecule has 12 unspecified atom stereocenters. The Kier molecular flexibility index (Phi) is 10.3. The van der Waals surface area contributed by atoms with Crippen molar-refractivity contribution in [2.24, 2.45) is 5.41 Å². The van der Waals surface area contributed by atoms with E-state index in [-0.39, 0.29) is 11.5 Å². The molecule has 0 bridgehead atoms. The zero-order valence-corrected chi connectivity index (χ0v) is 21.6. The Bertz CT molecular complexity index is 811. The first kappa shape index (κ1) is 30.5. The van der Waals surface area contributed by atoms with Gasteiger partial charge in [-0.15, -0.1) is 0 Å². The molecule has 3 rings (SSSR count). The third-order valence-corrected chi connectivity index (χ3v) is 7.37. The predicted molar refractivity (Wildman–Crippen MR) is 128 cm³/mol. The van der Waals surface area contributed by atoms with Crippen molar-refractivity contribution in [1.82, 2.24) is 0 Å². The van der Waals surface area contributed by atoms with Gasteiger partial charge in [-0.25, -0.2) is 0 Å². The van der Waals surface area contributed by atoms with Gasteiger partial charge in [-0.05, 0) is 37.7 Å². The lowest BCUT2D eigenvalue weighted by molar-refractivity contribution is -0.313. The van der Waals surface area contributed by atoms with E-state index >= 15 is 0 Å². The Hall–Kier alpha value is -1.00. The van der Waals surface area contributed by atoms with Crippen LogP contribution in [0.4, 0.5) is 0 Å². The van der Waals surface area contributed by atoms with Gasteiger partial charge >= 0.3 is 0 Å². The number of rotatable bonds is 8. The molecular formula is C25H42O12. The van der Waals surface area contributed by atoms with Gasteiger partial charge in [0.1, 0.15) is 48.8 Å². The first-order valence-electron chi connectivity index (χ1n) is 12.6. The van der Waals surface area contributed by atoms with Crippen molar-refractivity contribution in [2.45, 2.75) is 114 Å². The Balaban J connectivity index is 1.64. The molecule has 8 N–H and O–H groups in total. The highest BCUT2D eigenvalue weighted by Crippen LogP contribution is 2.43. The number of aliphatic hydroxyl groups is 8. The van der Waals surface area contributed by atoms with Crippen molar-refractivity contribution in [3.63, 3.8) is 0 Å². The van der Waals surface area contributed by atoms with Gasteiger partial charge in [0.05, 0.1) is 25.4 Å². The van der Waals surface area contributed by atoms with Crippen LogP contribution >= 0.6 is 0 Å². The van der Waals surface area contributed by atoms with E-state index in [2.05, 4.69) is 0 Å². The molecule has 214 valence electrons. The molecule has 37 heavy (non-hydrogen) atoms. The normalized spacial score (nSPS) is 43.8. The van der Waals surface area contributed by atoms with Gasteiger partial charge in [0.15, 0.2) is 12.6 Å². The molecule has 3 aliphatic rings. The van der Waals surface area contributed by atoms with E-state index in [1.807, 2.05) is 26.8 Å². The lowest BCUT2D eigenvalue weighted by atomic mass is 9.71. The van der Waals surface area contributed by atoms with E-state index in [9.17, 15) is 40.9 Å². The standard InChI is InChI=1S/C25H42O12/c1-11-7-13(35-24-22(33)20(31)18(29)16(10-27)37-24)8-25(3,4)14(11)6-5-12(2)34-23-21(32)19(30)17(28)15(9-26)36-23/h5-6,12-13,15-24,26-33H,7-10H2,1-4H3. The largest absolute Gasteiger partial charge is 0.394 e. The van der Waals surface area contributed by atoms with Crippen LogP contribution in [0.5, 0.6) is 0 Å². The second kappa shape index (κ2) is 12.5. The predicted octanol–water partition coefficient (Wildman–Crippen LogP) is -1.93. The van der Waals surface area contributed by atoms with E-state index in [1.54, 1.807) is 13.0 Å². The average molecular weight is 535 g/mol. The van der Waals surface area contributed by atoms with Crippen LogP contribution in [0.15, 0.2) is 23.3 Å². The van der Waals surface area contributed by atoms with E-state index < -0.39 is 80.7 Å². The van der Waals surface area contributed by atoms with Crippen LogP contribution in [0.25, 0.3) is 0 Å². The van der Waals surface area contributed by atoms with Gasteiger partial charge < -0.3 is 59.8 Å². The molecule has 12 heteroatoms. The SMILES string of the molecule is CC1=C(C=CC(C)OC2OC(CO)C(O)C(O)C2O)C(C)(C)CC(OC2OC(CO)C(O)C(O)C2O)C1. The second-order valence-corrected chi connectivity index (χ2v) is 10.8. The average Bonchev–Trinajstić information content (AvgIpc) is 2.83. The molecule has 0 spiro atoms. The molecule has 2 saturated heterocycles. The number of hydrogen-bond acceptors (Lipinski definition) is 12. The maximum Gasteiger partial charge on any atom is 0.187 e. The molecule has 0 aromatic rings. The molecule has 2 aliphatic heterocycles. The number of ether oxygens (including phenoxy) is 4. The maximum atomic E-state index is 10.3. The Morgan fingerprint density at radius 1 is 0.865 bits per heavy atom. The van der Waals surface area contributed by atoms with Crippen LogP contribution in [0.3, 0.4) is 0 Å². The number of hydrogen-bond donors (Lipinski definition) is 8. The lowest BCUT2D eigenvalue weighted by Crippen LogP contribution is -2.59. The minimum Gasteiger partial charge on any atom is -0.394 e. The van der Waals surface area contributed by atoms with E-state index in [0.717, 1.165) is 11.1 Å². The molecule has 0 aromatic carbocycles. The summed E-state index contributed by atoms with van der Waals surface area (Å²) in [6, 6.07) is 0. The summed E-state index contributed by atoms with van der Waals surface area (Å²) in [4.78, 5) is 0. The van der Waals surface area contributed by atoms with Crippen LogP contribution in [-0.4, -0.2) is 128 Å². The van der Waals surface area contributed by atoms with Gasteiger partial charge in [0.25, 0.3) is 0 Å². The van der Waals surface area contributed by atoms with E-state index in [4.69, 9.17) is 18.9 Å². The van der Waals surface area contributed by atoms with E-state index in [0.29, 0.717) is 12.8 Å². The van der Waals surface area contributed by atoms with Gasteiger partial charge in [-0.3, -0.25) is 0 Å². The minimum atomic E-state index is -1.52. The highest BCUT2D eigenvalue weighted by Gasteiger charge is 2.46. The van der Waals surface area contributed by atoms with Crippen molar-refractivity contribution < 1.29 is 59.8 Å². The summed E-state index contributed by atoms with van der Waals surface area (Å²) >= 11 is 0. The molecule has 0 radical (unpaired) electrons. The summed E-state index contributed by atoms with van der Waals surface area (Å²) in [5, 5.41) is 79.2. The highest BCUT2D eigenvalue weighted by atomic mass is 16.7. The van der Waals surface area contributed by atoms with Crippen molar-refractivity contribution in [3.05, 3.63) is 23.3 Å². The number of aliphatic hydroxyl groups excluding tert-OH is 8. The van der Waals surface area contributed by atoms with Crippen LogP contribution in [0, 0.1) is 5.41 Å². The van der Waals surface area contributed by atoms with Crippen LogP contribution in [0.1, 0.15) is 40.5 Å². The van der Waals surface area contributed by atoms with Crippen molar-refractivity contribution in [2.75, 3.05) is 13.2 Å². The van der Waals surface area contributed by atoms with Crippen molar-refractivity contribution >= 4 is 0 Å². The Morgan fingerprint density at radius 3 is 1.89 bits per heavy atom. The van der Waals surface area contributed by atoms with Gasteiger partial charge in [-0.1, -0.05) is 31.6 Å². The van der Waals surface area contributed by atoms with Crippen molar-refractivity contribution in [3.8, 4) is 0 Å². The smallest absolute Gasteiger partial charge is 0.187 e. The zero-order valence-electron chi connectivity index (χ0n) is 21.6. The third-order valence-electron chi connectivity index (χ3n) is 7.37. The fraction of sp³-hybridized carbons (Fsp3) is 0.840. The first-order chi connectivity index (χ1) is 17.3. The summed E-state index contributed by atoms with van der Waals surface area (Å²) in [5.74, 6) is 0. The van der Waals surface area contributed by atoms with E-state index in [1.165, 1.54) is 0 Å². The zero-order chi connectivity index (χ0) is 27.7. The van der Waals surface area contributed by atoms with Gasteiger partial charge in [0, 0.05) is 0 Å². The summed E-state index contributed by atoms with van der Waals surface area (Å²) in [6.07, 6.45) is -9.55. The van der Waals surface area contributed by atoms with Crippen LogP contribution < -0.4 is 0 Å². The van der Waals surface area contributed by atoms with Gasteiger partial charge in [-0.2, -0.15) is 0 Å². The van der Waals surface area contributed by atoms with Gasteiger partial charge in [0.2, 0.25) is 0 Å². The monoisotopic (exact) mass is 534 g/mol. The summed E-state index contributed by atoms with van der Waals surface area (Å²) in [6.45, 7) is 6.67. The maximum absolute atomic E-state index is 10.3. The molecule has 12 atom stereocenters. The molecule has 0 aromatic heterocycles. The summed E-state index contributed by atoms with van der Waals surface area (Å²) in [7, 11) is 0. The summed E-state index contributed by atoms with van der Waals surface area (Å²) in [5.41, 5.74) is 1.69.